The minimum absolute atomic E-state index is 0.0622. The Labute approximate surface area is 163 Å². The molecule has 3 rings (SSSR count). The van der Waals surface area contributed by atoms with E-state index in [4.69, 9.17) is 14.4 Å². The third-order valence-electron chi connectivity index (χ3n) is 3.64. The second kappa shape index (κ2) is 8.44. The standard InChI is InChI=1S/C18H15N3O6S/c1-26-14-8-6-13(7-9-14)21-16(18(25)27-20-21)28-10-15(22)19-12-4-2-11(3-5-12)17(23)24/h2-9H,10H2,1H3,(H2-,19,20,22,23,24,25). The number of carboxylic acids is 1. The van der Waals surface area contributed by atoms with Crippen LogP contribution in [-0.4, -0.2) is 35.1 Å². The van der Waals surface area contributed by atoms with Crippen molar-refractivity contribution in [2.45, 2.75) is 5.03 Å². The molecular formula is C18H15N3O6S. The van der Waals surface area contributed by atoms with Gasteiger partial charge in [0.25, 0.3) is 5.03 Å². The van der Waals surface area contributed by atoms with Crippen LogP contribution in [0.1, 0.15) is 10.4 Å². The zero-order chi connectivity index (χ0) is 20.1. The fraction of sp³-hybridized carbons (Fsp3) is 0.111. The number of methoxy groups -OCH3 is 1. The molecular weight excluding hydrogens is 386 g/mol. The van der Waals surface area contributed by atoms with E-state index in [-0.39, 0.29) is 22.2 Å². The van der Waals surface area contributed by atoms with E-state index in [1.807, 2.05) is 0 Å². The van der Waals surface area contributed by atoms with Crippen LogP contribution in [0.25, 0.3) is 5.69 Å². The maximum absolute atomic E-state index is 12.1. The van der Waals surface area contributed by atoms with Crippen LogP contribution in [0.4, 0.5) is 5.69 Å². The maximum Gasteiger partial charge on any atom is 0.335 e. The number of hydrogen-bond donors (Lipinski definition) is 2. The summed E-state index contributed by atoms with van der Waals surface area (Å²) >= 11 is 0.977. The molecule has 0 radical (unpaired) electrons. The number of nitrogens with one attached hydrogen (secondary N) is 1. The topological polar surface area (TPSA) is 129 Å². The van der Waals surface area contributed by atoms with E-state index in [0.717, 1.165) is 11.8 Å². The molecule has 0 saturated carbocycles. The molecule has 144 valence electrons. The van der Waals surface area contributed by atoms with Crippen molar-refractivity contribution in [3.63, 3.8) is 0 Å². The summed E-state index contributed by atoms with van der Waals surface area (Å²) in [4.78, 5) is 23.0. The second-order valence-electron chi connectivity index (χ2n) is 5.49. The largest absolute Gasteiger partial charge is 0.538 e. The molecule has 0 saturated heterocycles. The van der Waals surface area contributed by atoms with E-state index >= 15 is 0 Å². The number of amides is 1. The third-order valence-corrected chi connectivity index (χ3v) is 4.66. The van der Waals surface area contributed by atoms with Gasteiger partial charge in [0.1, 0.15) is 5.75 Å². The van der Waals surface area contributed by atoms with Gasteiger partial charge in [0.05, 0.1) is 23.7 Å². The Bertz CT molecular complexity index is 986. The fourth-order valence-electron chi connectivity index (χ4n) is 2.28. The van der Waals surface area contributed by atoms with Crippen LogP contribution < -0.4 is 19.8 Å². The molecule has 0 unspecified atom stereocenters. The predicted octanol–water partition coefficient (Wildman–Crippen LogP) is 1.46. The van der Waals surface area contributed by atoms with E-state index in [1.165, 1.54) is 28.9 Å². The summed E-state index contributed by atoms with van der Waals surface area (Å²) < 4.78 is 11.1. The van der Waals surface area contributed by atoms with Gasteiger partial charge in [0.2, 0.25) is 11.6 Å². The number of carboxylic acid groups (broad SMARTS) is 1. The molecule has 0 aliphatic heterocycles. The lowest BCUT2D eigenvalue weighted by Crippen LogP contribution is -2.35. The van der Waals surface area contributed by atoms with Crippen molar-refractivity contribution < 1.29 is 33.7 Å². The molecule has 3 aromatic rings. The van der Waals surface area contributed by atoms with Crippen LogP contribution in [0.2, 0.25) is 0 Å². The molecule has 0 aliphatic carbocycles. The molecule has 0 aliphatic rings. The number of rotatable bonds is 7. The monoisotopic (exact) mass is 401 g/mol. The minimum atomic E-state index is -1.05. The molecule has 1 amide bonds. The van der Waals surface area contributed by atoms with Crippen LogP contribution in [0, 0.1) is 0 Å². The summed E-state index contributed by atoms with van der Waals surface area (Å²) in [7, 11) is 1.54. The first kappa shape index (κ1) is 19.2. The molecule has 9 nitrogen and oxygen atoms in total. The second-order valence-corrected chi connectivity index (χ2v) is 6.46. The van der Waals surface area contributed by atoms with Gasteiger partial charge in [0.15, 0.2) is 5.95 Å². The number of aromatic carboxylic acids is 1. The van der Waals surface area contributed by atoms with Gasteiger partial charge >= 0.3 is 5.97 Å². The molecule has 0 bridgehead atoms. The number of anilines is 1. The molecule has 10 heteroatoms. The van der Waals surface area contributed by atoms with E-state index in [0.29, 0.717) is 17.1 Å². The molecule has 0 spiro atoms. The van der Waals surface area contributed by atoms with Gasteiger partial charge in [-0.1, -0.05) is 0 Å². The van der Waals surface area contributed by atoms with Crippen molar-refractivity contribution in [3.8, 4) is 17.4 Å². The average Bonchev–Trinajstić information content (AvgIpc) is 3.07. The number of carbonyl (C=O) groups is 2. The van der Waals surface area contributed by atoms with Crippen molar-refractivity contribution in [1.29, 1.82) is 0 Å². The molecule has 1 heterocycles. The molecule has 2 aromatic carbocycles. The summed E-state index contributed by atoms with van der Waals surface area (Å²) in [5.41, 5.74) is 1.15. The Kier molecular flexibility index (Phi) is 5.80. The van der Waals surface area contributed by atoms with Gasteiger partial charge in [-0.15, -0.1) is 0 Å². The lowest BCUT2D eigenvalue weighted by molar-refractivity contribution is -0.705. The molecule has 2 N–H and O–H groups in total. The average molecular weight is 401 g/mol. The molecule has 1 aromatic heterocycles. The summed E-state index contributed by atoms with van der Waals surface area (Å²) in [6, 6.07) is 12.6. The van der Waals surface area contributed by atoms with Crippen LogP contribution in [0.5, 0.6) is 11.7 Å². The molecule has 28 heavy (non-hydrogen) atoms. The number of benzene rings is 2. The van der Waals surface area contributed by atoms with Crippen molar-refractivity contribution >= 4 is 29.3 Å². The van der Waals surface area contributed by atoms with Gasteiger partial charge in [-0.05, 0) is 52.8 Å². The quantitative estimate of drug-likeness (QED) is 0.450. The molecule has 0 fully saturated rings. The first-order chi connectivity index (χ1) is 13.5. The van der Waals surface area contributed by atoms with E-state index < -0.39 is 11.9 Å². The Morgan fingerprint density at radius 3 is 2.50 bits per heavy atom. The summed E-state index contributed by atoms with van der Waals surface area (Å²) in [5.74, 6) is -1.48. The van der Waals surface area contributed by atoms with Gasteiger partial charge in [-0.2, -0.15) is 0 Å². The number of hydrogen-bond acceptors (Lipinski definition) is 7. The fourth-order valence-corrected chi connectivity index (χ4v) is 3.03. The Morgan fingerprint density at radius 2 is 1.89 bits per heavy atom. The number of thioether (sulfide) groups is 1. The Balaban J connectivity index is 1.66. The highest BCUT2D eigenvalue weighted by Gasteiger charge is 2.22. The Hall–Kier alpha value is -3.53. The normalized spacial score (nSPS) is 10.5. The number of nitrogens with zero attached hydrogens (tertiary/aromatic N) is 2. The zero-order valence-corrected chi connectivity index (χ0v) is 15.4. The van der Waals surface area contributed by atoms with Gasteiger partial charge in [0, 0.05) is 17.8 Å². The van der Waals surface area contributed by atoms with E-state index in [1.54, 1.807) is 31.4 Å². The summed E-state index contributed by atoms with van der Waals surface area (Å²) in [5, 5.41) is 27.3. The van der Waals surface area contributed by atoms with Gasteiger partial charge in [-0.3, -0.25) is 4.79 Å². The van der Waals surface area contributed by atoms with E-state index in [9.17, 15) is 14.7 Å². The van der Waals surface area contributed by atoms with Crippen molar-refractivity contribution in [1.82, 2.24) is 5.27 Å². The van der Waals surface area contributed by atoms with Crippen molar-refractivity contribution in [2.75, 3.05) is 18.2 Å². The van der Waals surface area contributed by atoms with Crippen molar-refractivity contribution in [3.05, 3.63) is 54.1 Å². The lowest BCUT2D eigenvalue weighted by atomic mass is 10.2. The van der Waals surface area contributed by atoms with Gasteiger partial charge < -0.3 is 24.8 Å². The zero-order valence-electron chi connectivity index (χ0n) is 14.6. The maximum atomic E-state index is 12.1. The highest BCUT2D eigenvalue weighted by atomic mass is 32.2. The number of ether oxygens (including phenoxy) is 1. The highest BCUT2D eigenvalue weighted by molar-refractivity contribution is 7.99. The van der Waals surface area contributed by atoms with E-state index in [2.05, 4.69) is 10.6 Å². The summed E-state index contributed by atoms with van der Waals surface area (Å²) in [6.07, 6.45) is 0. The van der Waals surface area contributed by atoms with Gasteiger partial charge in [-0.25, -0.2) is 4.79 Å². The third kappa shape index (κ3) is 4.41. The van der Waals surface area contributed by atoms with Crippen LogP contribution in [0.3, 0.4) is 0 Å². The summed E-state index contributed by atoms with van der Waals surface area (Å²) in [6.45, 7) is 0. The predicted molar refractivity (Wildman–Crippen MR) is 96.8 cm³/mol. The van der Waals surface area contributed by atoms with Crippen molar-refractivity contribution in [2.24, 2.45) is 0 Å². The SMILES string of the molecule is COc1ccc(-[n+]2noc([O-])c2SCC(=O)Nc2ccc(C(=O)O)cc2)cc1. The highest BCUT2D eigenvalue weighted by Crippen LogP contribution is 2.24. The Morgan fingerprint density at radius 1 is 1.21 bits per heavy atom. The van der Waals surface area contributed by atoms with Crippen LogP contribution in [0.15, 0.2) is 58.1 Å². The molecule has 0 atom stereocenters. The smallest absolute Gasteiger partial charge is 0.335 e. The minimum Gasteiger partial charge on any atom is -0.538 e. The van der Waals surface area contributed by atoms with Crippen LogP contribution >= 0.6 is 11.8 Å². The number of aromatic nitrogens is 2. The lowest BCUT2D eigenvalue weighted by Gasteiger charge is -2.04. The first-order valence-corrected chi connectivity index (χ1v) is 8.96. The first-order valence-electron chi connectivity index (χ1n) is 7.97. The van der Waals surface area contributed by atoms with Crippen LogP contribution in [-0.2, 0) is 4.79 Å². The number of carbonyl (C=O) groups excluding carboxylic acids is 1.